The molecule has 0 aliphatic rings. The Bertz CT molecular complexity index is 314. The van der Waals surface area contributed by atoms with Gasteiger partial charge >= 0.3 is 0 Å². The van der Waals surface area contributed by atoms with Gasteiger partial charge in [-0.2, -0.15) is 0 Å². The van der Waals surface area contributed by atoms with E-state index in [0.29, 0.717) is 4.47 Å². The number of nitrogens with two attached hydrogens (primary N) is 1. The van der Waals surface area contributed by atoms with Gasteiger partial charge < -0.3 is 5.73 Å². The van der Waals surface area contributed by atoms with Gasteiger partial charge in [-0.25, -0.2) is 4.39 Å². The molecule has 0 radical (unpaired) electrons. The maximum absolute atomic E-state index is 13.2. The van der Waals surface area contributed by atoms with Gasteiger partial charge in [0, 0.05) is 6.04 Å². The first kappa shape index (κ1) is 12.7. The van der Waals surface area contributed by atoms with Gasteiger partial charge in [-0.1, -0.05) is 19.1 Å². The molecule has 0 spiro atoms. The van der Waals surface area contributed by atoms with E-state index >= 15 is 0 Å². The third-order valence-corrected chi connectivity index (χ3v) is 3.47. The van der Waals surface area contributed by atoms with Crippen LogP contribution in [-0.4, -0.2) is 6.04 Å². The molecule has 0 amide bonds. The van der Waals surface area contributed by atoms with E-state index in [-0.39, 0.29) is 11.9 Å². The third kappa shape index (κ3) is 3.92. The van der Waals surface area contributed by atoms with Crippen molar-refractivity contribution in [2.75, 3.05) is 0 Å². The summed E-state index contributed by atoms with van der Waals surface area (Å²) in [7, 11) is 0. The fourth-order valence-electron chi connectivity index (χ4n) is 1.50. The average Bonchev–Trinajstić information content (AvgIpc) is 2.24. The maximum Gasteiger partial charge on any atom is 0.137 e. The molecule has 0 fully saturated rings. The van der Waals surface area contributed by atoms with Crippen molar-refractivity contribution in [3.63, 3.8) is 0 Å². The van der Waals surface area contributed by atoms with E-state index < -0.39 is 0 Å². The quantitative estimate of drug-likeness (QED) is 0.871. The fraction of sp³-hybridized carbons (Fsp3) is 0.500. The third-order valence-electron chi connectivity index (χ3n) is 2.58. The first-order valence-corrected chi connectivity index (χ1v) is 6.13. The van der Waals surface area contributed by atoms with Crippen molar-refractivity contribution in [3.8, 4) is 0 Å². The van der Waals surface area contributed by atoms with Crippen LogP contribution in [0.15, 0.2) is 22.7 Å². The molecule has 1 aromatic carbocycles. The summed E-state index contributed by atoms with van der Waals surface area (Å²) >= 11 is 3.26. The summed E-state index contributed by atoms with van der Waals surface area (Å²) < 4.78 is 13.8. The molecule has 0 aromatic heterocycles. The Morgan fingerprint density at radius 1 is 1.47 bits per heavy atom. The number of hydrogen-bond acceptors (Lipinski definition) is 1. The van der Waals surface area contributed by atoms with Crippen molar-refractivity contribution in [3.05, 3.63) is 34.1 Å². The molecule has 1 nitrogen and oxygen atoms in total. The van der Waals surface area contributed by atoms with Gasteiger partial charge in [0.2, 0.25) is 0 Å². The highest BCUT2D eigenvalue weighted by atomic mass is 79.9. The Labute approximate surface area is 99.0 Å². The Balaban J connectivity index is 2.47. The molecular weight excluding hydrogens is 257 g/mol. The zero-order chi connectivity index (χ0) is 11.3. The van der Waals surface area contributed by atoms with Crippen molar-refractivity contribution in [1.82, 2.24) is 0 Å². The molecule has 84 valence electrons. The van der Waals surface area contributed by atoms with E-state index in [1.165, 1.54) is 6.07 Å². The van der Waals surface area contributed by atoms with E-state index in [1.54, 1.807) is 6.07 Å². The Morgan fingerprint density at radius 3 is 2.87 bits per heavy atom. The van der Waals surface area contributed by atoms with E-state index in [2.05, 4.69) is 22.9 Å². The molecule has 15 heavy (non-hydrogen) atoms. The summed E-state index contributed by atoms with van der Waals surface area (Å²) in [4.78, 5) is 0. The smallest absolute Gasteiger partial charge is 0.137 e. The SMILES string of the molecule is CCC(N)CCCc1cccc(F)c1Br. The first-order chi connectivity index (χ1) is 7.15. The van der Waals surface area contributed by atoms with Crippen LogP contribution in [0.25, 0.3) is 0 Å². The molecule has 0 saturated heterocycles. The highest BCUT2D eigenvalue weighted by molar-refractivity contribution is 9.10. The van der Waals surface area contributed by atoms with Crippen LogP contribution in [0.3, 0.4) is 0 Å². The van der Waals surface area contributed by atoms with E-state index in [0.717, 1.165) is 31.2 Å². The van der Waals surface area contributed by atoms with Gasteiger partial charge in [0.05, 0.1) is 4.47 Å². The summed E-state index contributed by atoms with van der Waals surface area (Å²) in [6.45, 7) is 2.09. The van der Waals surface area contributed by atoms with Gasteiger partial charge in [-0.05, 0) is 53.2 Å². The van der Waals surface area contributed by atoms with Crippen molar-refractivity contribution in [2.45, 2.75) is 38.6 Å². The summed E-state index contributed by atoms with van der Waals surface area (Å²) in [5, 5.41) is 0. The second kappa shape index (κ2) is 6.23. The Morgan fingerprint density at radius 2 is 2.20 bits per heavy atom. The molecule has 0 bridgehead atoms. The van der Waals surface area contributed by atoms with E-state index in [9.17, 15) is 4.39 Å². The topological polar surface area (TPSA) is 26.0 Å². The molecular formula is C12H17BrFN. The summed E-state index contributed by atoms with van der Waals surface area (Å²) in [6.07, 6.45) is 3.90. The van der Waals surface area contributed by atoms with Gasteiger partial charge in [0.25, 0.3) is 0 Å². The van der Waals surface area contributed by atoms with Crippen LogP contribution in [0.1, 0.15) is 31.7 Å². The van der Waals surface area contributed by atoms with Crippen LogP contribution in [0.2, 0.25) is 0 Å². The lowest BCUT2D eigenvalue weighted by molar-refractivity contribution is 0.565. The molecule has 1 rings (SSSR count). The predicted molar refractivity (Wildman–Crippen MR) is 65.3 cm³/mol. The molecule has 0 saturated carbocycles. The number of aryl methyl sites for hydroxylation is 1. The fourth-order valence-corrected chi connectivity index (χ4v) is 1.96. The molecule has 3 heteroatoms. The number of benzene rings is 1. The largest absolute Gasteiger partial charge is 0.328 e. The van der Waals surface area contributed by atoms with Crippen molar-refractivity contribution in [2.24, 2.45) is 5.73 Å². The molecule has 0 aliphatic heterocycles. The number of halogens is 2. The van der Waals surface area contributed by atoms with Crippen LogP contribution in [0, 0.1) is 5.82 Å². The number of rotatable bonds is 5. The maximum atomic E-state index is 13.2. The van der Waals surface area contributed by atoms with E-state index in [4.69, 9.17) is 5.73 Å². The predicted octanol–water partition coefficient (Wildman–Crippen LogP) is 3.65. The second-order valence-corrected chi connectivity index (χ2v) is 4.57. The van der Waals surface area contributed by atoms with Gasteiger partial charge in [-0.15, -0.1) is 0 Å². The summed E-state index contributed by atoms with van der Waals surface area (Å²) in [5.41, 5.74) is 6.85. The molecule has 0 heterocycles. The normalized spacial score (nSPS) is 12.8. The van der Waals surface area contributed by atoms with Crippen LogP contribution in [-0.2, 0) is 6.42 Å². The number of hydrogen-bond donors (Lipinski definition) is 1. The minimum absolute atomic E-state index is 0.188. The Hall–Kier alpha value is -0.410. The highest BCUT2D eigenvalue weighted by Gasteiger charge is 2.05. The van der Waals surface area contributed by atoms with Crippen LogP contribution < -0.4 is 5.73 Å². The summed E-state index contributed by atoms with van der Waals surface area (Å²) in [6, 6.07) is 5.43. The van der Waals surface area contributed by atoms with Crippen LogP contribution in [0.4, 0.5) is 4.39 Å². The molecule has 1 aromatic rings. The Kier molecular flexibility index (Phi) is 5.26. The van der Waals surface area contributed by atoms with Crippen molar-refractivity contribution >= 4 is 15.9 Å². The lowest BCUT2D eigenvalue weighted by Gasteiger charge is -2.09. The molecule has 1 unspecified atom stereocenters. The van der Waals surface area contributed by atoms with Crippen molar-refractivity contribution in [1.29, 1.82) is 0 Å². The van der Waals surface area contributed by atoms with Gasteiger partial charge in [0.15, 0.2) is 0 Å². The zero-order valence-electron chi connectivity index (χ0n) is 8.97. The second-order valence-electron chi connectivity index (χ2n) is 3.77. The van der Waals surface area contributed by atoms with Gasteiger partial charge in [0.1, 0.15) is 5.82 Å². The molecule has 0 aliphatic carbocycles. The first-order valence-electron chi connectivity index (χ1n) is 5.33. The minimum atomic E-state index is -0.188. The van der Waals surface area contributed by atoms with Crippen LogP contribution in [0.5, 0.6) is 0 Å². The average molecular weight is 274 g/mol. The summed E-state index contributed by atoms with van der Waals surface area (Å²) in [5.74, 6) is -0.188. The lowest BCUT2D eigenvalue weighted by atomic mass is 10.0. The zero-order valence-corrected chi connectivity index (χ0v) is 10.6. The van der Waals surface area contributed by atoms with E-state index in [1.807, 2.05) is 6.07 Å². The van der Waals surface area contributed by atoms with Gasteiger partial charge in [-0.3, -0.25) is 0 Å². The van der Waals surface area contributed by atoms with Crippen LogP contribution >= 0.6 is 15.9 Å². The monoisotopic (exact) mass is 273 g/mol. The molecule has 1 atom stereocenters. The standard InChI is InChI=1S/C12H17BrFN/c1-2-10(15)7-3-5-9-6-4-8-11(14)12(9)13/h4,6,8,10H,2-3,5,7,15H2,1H3. The highest BCUT2D eigenvalue weighted by Crippen LogP contribution is 2.22. The lowest BCUT2D eigenvalue weighted by Crippen LogP contribution is -2.18. The molecule has 2 N–H and O–H groups in total. The minimum Gasteiger partial charge on any atom is -0.328 e. The van der Waals surface area contributed by atoms with Crippen molar-refractivity contribution < 1.29 is 4.39 Å².